The molecule has 140 valence electrons. The largest absolute Gasteiger partial charge is 0.367 e. The molecule has 0 aromatic heterocycles. The molecule has 1 saturated heterocycles. The molecule has 4 rings (SSSR count). The maximum atomic E-state index is 14.0. The highest BCUT2D eigenvalue weighted by Crippen LogP contribution is 2.28. The summed E-state index contributed by atoms with van der Waals surface area (Å²) in [5.41, 5.74) is 1.74. The average molecular weight is 366 g/mol. The molecule has 1 atom stereocenters. The lowest BCUT2D eigenvalue weighted by Gasteiger charge is -2.36. The quantitative estimate of drug-likeness (QED) is 0.835. The molecule has 6 heteroatoms. The number of hydrogen-bond acceptors (Lipinski definition) is 4. The van der Waals surface area contributed by atoms with Crippen LogP contribution < -0.4 is 4.90 Å². The van der Waals surface area contributed by atoms with E-state index in [4.69, 9.17) is 0 Å². The fourth-order valence-electron chi connectivity index (χ4n) is 3.72. The third kappa shape index (κ3) is 3.85. The first-order valence-electron chi connectivity index (χ1n) is 9.33. The number of hydrazone groups is 1. The molecular formula is C21H23FN4O. The minimum atomic E-state index is -0.195. The Morgan fingerprint density at radius 1 is 1.00 bits per heavy atom. The lowest BCUT2D eigenvalue weighted by atomic mass is 10.0. The van der Waals surface area contributed by atoms with E-state index in [-0.39, 0.29) is 17.8 Å². The Morgan fingerprint density at radius 3 is 2.44 bits per heavy atom. The van der Waals surface area contributed by atoms with Crippen molar-refractivity contribution in [2.45, 2.75) is 12.5 Å². The highest BCUT2D eigenvalue weighted by Gasteiger charge is 2.30. The standard InChI is InChI=1S/C21H23FN4O/c22-18-8-4-5-9-20(18)25-14-12-24(13-15-25)16-21(27)26-19(10-11-23-26)17-6-2-1-3-7-17/h1-9,11,19H,10,12-16H2/t19-/m0/s1. The number of anilines is 1. The second-order valence-electron chi connectivity index (χ2n) is 6.91. The number of rotatable bonds is 4. The number of carbonyl (C=O) groups excluding carboxylic acids is 1. The highest BCUT2D eigenvalue weighted by molar-refractivity contribution is 5.81. The fraction of sp³-hybridized carbons (Fsp3) is 0.333. The molecule has 2 aliphatic rings. The van der Waals surface area contributed by atoms with Crippen LogP contribution in [0.4, 0.5) is 10.1 Å². The summed E-state index contributed by atoms with van der Waals surface area (Å²) in [6.07, 6.45) is 2.56. The van der Waals surface area contributed by atoms with Gasteiger partial charge in [-0.3, -0.25) is 9.69 Å². The highest BCUT2D eigenvalue weighted by atomic mass is 19.1. The molecule has 2 aromatic carbocycles. The van der Waals surface area contributed by atoms with E-state index in [2.05, 4.69) is 10.0 Å². The average Bonchev–Trinajstić information content (AvgIpc) is 3.20. The number of hydrogen-bond donors (Lipinski definition) is 0. The van der Waals surface area contributed by atoms with Crippen LogP contribution in [0.15, 0.2) is 59.7 Å². The molecular weight excluding hydrogens is 343 g/mol. The zero-order valence-electron chi connectivity index (χ0n) is 15.2. The lowest BCUT2D eigenvalue weighted by molar-refractivity contribution is -0.134. The van der Waals surface area contributed by atoms with Crippen LogP contribution in [0.1, 0.15) is 18.0 Å². The van der Waals surface area contributed by atoms with Crippen LogP contribution in [0.25, 0.3) is 0 Å². The van der Waals surface area contributed by atoms with Gasteiger partial charge < -0.3 is 4.90 Å². The van der Waals surface area contributed by atoms with Crippen molar-refractivity contribution in [1.82, 2.24) is 9.91 Å². The van der Waals surface area contributed by atoms with E-state index < -0.39 is 0 Å². The summed E-state index contributed by atoms with van der Waals surface area (Å²) in [6, 6.07) is 16.8. The molecule has 0 radical (unpaired) electrons. The number of halogens is 1. The second-order valence-corrected chi connectivity index (χ2v) is 6.91. The van der Waals surface area contributed by atoms with Crippen LogP contribution in [-0.2, 0) is 4.79 Å². The number of carbonyl (C=O) groups is 1. The first-order chi connectivity index (χ1) is 13.2. The Labute approximate surface area is 158 Å². The van der Waals surface area contributed by atoms with Crippen LogP contribution in [0.2, 0.25) is 0 Å². The Morgan fingerprint density at radius 2 is 1.70 bits per heavy atom. The topological polar surface area (TPSA) is 39.2 Å². The zero-order chi connectivity index (χ0) is 18.6. The normalized spacial score (nSPS) is 20.3. The van der Waals surface area contributed by atoms with E-state index in [0.717, 1.165) is 25.1 Å². The van der Waals surface area contributed by atoms with Gasteiger partial charge in [0.2, 0.25) is 0 Å². The number of nitrogens with zero attached hydrogens (tertiary/aromatic N) is 4. The van der Waals surface area contributed by atoms with Crippen LogP contribution in [0.5, 0.6) is 0 Å². The van der Waals surface area contributed by atoms with Gasteiger partial charge in [-0.05, 0) is 17.7 Å². The van der Waals surface area contributed by atoms with Gasteiger partial charge in [-0.15, -0.1) is 0 Å². The van der Waals surface area contributed by atoms with Crippen molar-refractivity contribution in [3.05, 3.63) is 66.0 Å². The molecule has 5 nitrogen and oxygen atoms in total. The summed E-state index contributed by atoms with van der Waals surface area (Å²) < 4.78 is 14.0. The first-order valence-corrected chi connectivity index (χ1v) is 9.33. The molecule has 0 bridgehead atoms. The van der Waals surface area contributed by atoms with E-state index in [1.165, 1.54) is 6.07 Å². The third-order valence-corrected chi connectivity index (χ3v) is 5.19. The summed E-state index contributed by atoms with van der Waals surface area (Å²) in [5.74, 6) is -0.184. The van der Waals surface area contributed by atoms with Gasteiger partial charge in [-0.1, -0.05) is 42.5 Å². The molecule has 2 heterocycles. The van der Waals surface area contributed by atoms with E-state index >= 15 is 0 Å². The molecule has 0 saturated carbocycles. The Bertz CT molecular complexity index is 818. The molecule has 1 fully saturated rings. The summed E-state index contributed by atoms with van der Waals surface area (Å²) in [7, 11) is 0. The van der Waals surface area contributed by atoms with Gasteiger partial charge in [-0.25, -0.2) is 9.40 Å². The molecule has 0 N–H and O–H groups in total. The van der Waals surface area contributed by atoms with Crippen LogP contribution >= 0.6 is 0 Å². The van der Waals surface area contributed by atoms with Gasteiger partial charge in [0.15, 0.2) is 0 Å². The van der Waals surface area contributed by atoms with E-state index in [1.54, 1.807) is 17.1 Å². The number of amides is 1. The first kappa shape index (κ1) is 17.7. The Hall–Kier alpha value is -2.73. The predicted octanol–water partition coefficient (Wildman–Crippen LogP) is 2.91. The van der Waals surface area contributed by atoms with E-state index in [0.29, 0.717) is 25.3 Å². The van der Waals surface area contributed by atoms with Crippen molar-refractivity contribution < 1.29 is 9.18 Å². The predicted molar refractivity (Wildman–Crippen MR) is 104 cm³/mol. The minimum absolute atomic E-state index is 0.0111. The van der Waals surface area contributed by atoms with Crippen molar-refractivity contribution in [3.63, 3.8) is 0 Å². The number of para-hydroxylation sites is 1. The monoisotopic (exact) mass is 366 g/mol. The van der Waals surface area contributed by atoms with Crippen molar-refractivity contribution in [2.24, 2.45) is 5.10 Å². The van der Waals surface area contributed by atoms with Gasteiger partial charge in [0.25, 0.3) is 5.91 Å². The molecule has 0 aliphatic carbocycles. The smallest absolute Gasteiger partial charge is 0.257 e. The van der Waals surface area contributed by atoms with Crippen molar-refractivity contribution in [3.8, 4) is 0 Å². The van der Waals surface area contributed by atoms with Crippen molar-refractivity contribution in [2.75, 3.05) is 37.6 Å². The summed E-state index contributed by atoms with van der Waals surface area (Å²) in [6.45, 7) is 3.21. The van der Waals surface area contributed by atoms with Crippen LogP contribution in [0.3, 0.4) is 0 Å². The number of benzene rings is 2. The second kappa shape index (κ2) is 7.88. The van der Waals surface area contributed by atoms with Crippen LogP contribution in [0, 0.1) is 5.82 Å². The maximum absolute atomic E-state index is 14.0. The summed E-state index contributed by atoms with van der Waals surface area (Å²) in [5, 5.41) is 5.91. The van der Waals surface area contributed by atoms with E-state index in [9.17, 15) is 9.18 Å². The number of piperazine rings is 1. The maximum Gasteiger partial charge on any atom is 0.257 e. The third-order valence-electron chi connectivity index (χ3n) is 5.19. The van der Waals surface area contributed by atoms with Crippen molar-refractivity contribution in [1.29, 1.82) is 0 Å². The molecule has 0 unspecified atom stereocenters. The molecule has 2 aliphatic heterocycles. The van der Waals surface area contributed by atoms with Gasteiger partial charge in [0.1, 0.15) is 5.82 Å². The van der Waals surface area contributed by atoms with Gasteiger partial charge in [-0.2, -0.15) is 5.10 Å². The zero-order valence-corrected chi connectivity index (χ0v) is 15.2. The fourth-order valence-corrected chi connectivity index (χ4v) is 3.72. The van der Waals surface area contributed by atoms with Gasteiger partial charge in [0.05, 0.1) is 18.3 Å². The Balaban J connectivity index is 1.34. The minimum Gasteiger partial charge on any atom is -0.367 e. The molecule has 1 amide bonds. The lowest BCUT2D eigenvalue weighted by Crippen LogP contribution is -2.49. The molecule has 2 aromatic rings. The van der Waals surface area contributed by atoms with Crippen LogP contribution in [-0.4, -0.2) is 54.8 Å². The summed E-state index contributed by atoms with van der Waals surface area (Å²) in [4.78, 5) is 17.0. The SMILES string of the molecule is O=C(CN1CCN(c2ccccc2F)CC1)N1N=CC[C@H]1c1ccccc1. The van der Waals surface area contributed by atoms with E-state index in [1.807, 2.05) is 47.5 Å². The Kier molecular flexibility index (Phi) is 5.16. The molecule has 0 spiro atoms. The molecule has 27 heavy (non-hydrogen) atoms. The van der Waals surface area contributed by atoms with Gasteiger partial charge >= 0.3 is 0 Å². The van der Waals surface area contributed by atoms with Gasteiger partial charge in [0, 0.05) is 38.8 Å². The summed E-state index contributed by atoms with van der Waals surface area (Å²) >= 11 is 0. The van der Waals surface area contributed by atoms with Crippen molar-refractivity contribution >= 4 is 17.8 Å².